The van der Waals surface area contributed by atoms with Gasteiger partial charge < -0.3 is 26.8 Å². The molecule has 6 N–H and O–H groups in total. The topological polar surface area (TPSA) is 151 Å². The molecular weight excluding hydrogens is 400 g/mol. The monoisotopic (exact) mass is 426 g/mol. The maximum absolute atomic E-state index is 12.3. The summed E-state index contributed by atoms with van der Waals surface area (Å²) in [7, 11) is 0. The van der Waals surface area contributed by atoms with E-state index in [-0.39, 0.29) is 11.5 Å². The SMILES string of the molecule is CSCCC(NC(=O)C(C)NC(=O)C(N)CS)C(=O)NC(CS)C(=O)O. The Morgan fingerprint density at radius 3 is 2.04 bits per heavy atom. The summed E-state index contributed by atoms with van der Waals surface area (Å²) in [5, 5.41) is 16.3. The minimum Gasteiger partial charge on any atom is -0.480 e. The Kier molecular flexibility index (Phi) is 12.6. The van der Waals surface area contributed by atoms with Crippen LogP contribution in [0.2, 0.25) is 0 Å². The zero-order valence-electron chi connectivity index (χ0n) is 14.6. The standard InChI is InChI=1S/C14H26N4O5S3/c1-7(16-12(20)8(15)5-24)11(19)17-9(3-4-26-2)13(21)18-10(6-25)14(22)23/h7-10,24-25H,3-6,15H2,1-2H3,(H,16,20)(H,17,19)(H,18,21)(H,22,23). The lowest BCUT2D eigenvalue weighted by Gasteiger charge is -2.23. The number of carboxylic acid groups (broad SMARTS) is 1. The second-order valence-electron chi connectivity index (χ2n) is 5.44. The predicted molar refractivity (Wildman–Crippen MR) is 108 cm³/mol. The van der Waals surface area contributed by atoms with E-state index >= 15 is 0 Å². The Morgan fingerprint density at radius 2 is 1.58 bits per heavy atom. The van der Waals surface area contributed by atoms with Crippen molar-refractivity contribution in [1.29, 1.82) is 0 Å². The highest BCUT2D eigenvalue weighted by Crippen LogP contribution is 2.03. The van der Waals surface area contributed by atoms with Crippen LogP contribution < -0.4 is 21.7 Å². The maximum Gasteiger partial charge on any atom is 0.327 e. The molecule has 0 aromatic carbocycles. The fourth-order valence-electron chi connectivity index (χ4n) is 1.73. The van der Waals surface area contributed by atoms with Gasteiger partial charge in [0.05, 0.1) is 6.04 Å². The largest absolute Gasteiger partial charge is 0.480 e. The smallest absolute Gasteiger partial charge is 0.327 e. The highest BCUT2D eigenvalue weighted by atomic mass is 32.2. The second-order valence-corrected chi connectivity index (χ2v) is 7.16. The summed E-state index contributed by atoms with van der Waals surface area (Å²) in [6.45, 7) is 1.45. The first-order valence-corrected chi connectivity index (χ1v) is 10.4. The Morgan fingerprint density at radius 1 is 1.00 bits per heavy atom. The molecule has 0 aliphatic carbocycles. The summed E-state index contributed by atoms with van der Waals surface area (Å²) in [5.41, 5.74) is 5.53. The lowest BCUT2D eigenvalue weighted by molar-refractivity contribution is -0.141. The Hall–Kier alpha value is -1.11. The molecule has 0 bridgehead atoms. The molecule has 26 heavy (non-hydrogen) atoms. The average Bonchev–Trinajstić information content (AvgIpc) is 2.61. The number of thioether (sulfide) groups is 1. The number of rotatable bonds is 12. The van der Waals surface area contributed by atoms with Gasteiger partial charge in [-0.1, -0.05) is 0 Å². The molecule has 0 rings (SSSR count). The van der Waals surface area contributed by atoms with E-state index < -0.39 is 47.9 Å². The van der Waals surface area contributed by atoms with Gasteiger partial charge in [-0.05, 0) is 25.4 Å². The van der Waals surface area contributed by atoms with Crippen LogP contribution in [0.3, 0.4) is 0 Å². The van der Waals surface area contributed by atoms with Crippen molar-refractivity contribution in [3.63, 3.8) is 0 Å². The van der Waals surface area contributed by atoms with E-state index in [0.29, 0.717) is 12.2 Å². The number of thiol groups is 2. The number of nitrogens with two attached hydrogens (primary N) is 1. The van der Waals surface area contributed by atoms with Crippen LogP contribution in [0.25, 0.3) is 0 Å². The van der Waals surface area contributed by atoms with E-state index in [4.69, 9.17) is 10.8 Å². The van der Waals surface area contributed by atoms with Crippen LogP contribution in [0.1, 0.15) is 13.3 Å². The molecule has 3 amide bonds. The fraction of sp³-hybridized carbons (Fsp3) is 0.714. The van der Waals surface area contributed by atoms with E-state index in [2.05, 4.69) is 41.2 Å². The first-order valence-electron chi connectivity index (χ1n) is 7.78. The number of carboxylic acids is 1. The molecule has 0 radical (unpaired) electrons. The first kappa shape index (κ1) is 24.9. The van der Waals surface area contributed by atoms with E-state index in [1.54, 1.807) is 0 Å². The van der Waals surface area contributed by atoms with E-state index in [0.717, 1.165) is 0 Å². The molecule has 0 spiro atoms. The van der Waals surface area contributed by atoms with Gasteiger partial charge in [-0.2, -0.15) is 37.0 Å². The van der Waals surface area contributed by atoms with Crippen molar-refractivity contribution in [2.45, 2.75) is 37.5 Å². The quantitative estimate of drug-likeness (QED) is 0.187. The highest BCUT2D eigenvalue weighted by Gasteiger charge is 2.27. The average molecular weight is 427 g/mol. The molecule has 4 atom stereocenters. The fourth-order valence-corrected chi connectivity index (χ4v) is 2.61. The molecule has 150 valence electrons. The summed E-state index contributed by atoms with van der Waals surface area (Å²) < 4.78 is 0. The van der Waals surface area contributed by atoms with Crippen LogP contribution in [0.5, 0.6) is 0 Å². The first-order chi connectivity index (χ1) is 12.2. The van der Waals surface area contributed by atoms with Gasteiger partial charge in [-0.15, -0.1) is 0 Å². The third kappa shape index (κ3) is 9.01. The minimum absolute atomic E-state index is 0.0850. The van der Waals surface area contributed by atoms with E-state index in [1.165, 1.54) is 18.7 Å². The maximum atomic E-state index is 12.3. The highest BCUT2D eigenvalue weighted by molar-refractivity contribution is 7.98. The summed E-state index contributed by atoms with van der Waals surface area (Å²) in [5.74, 6) is -2.35. The number of carbonyl (C=O) groups is 4. The predicted octanol–water partition coefficient (Wildman–Crippen LogP) is -1.51. The van der Waals surface area contributed by atoms with Crippen molar-refractivity contribution >= 4 is 60.7 Å². The molecule has 4 unspecified atom stereocenters. The molecule has 0 saturated heterocycles. The van der Waals surface area contributed by atoms with Gasteiger partial charge >= 0.3 is 5.97 Å². The van der Waals surface area contributed by atoms with Gasteiger partial charge in [-0.25, -0.2) is 4.79 Å². The Bertz CT molecular complexity index is 509. The molecule has 0 heterocycles. The van der Waals surface area contributed by atoms with Crippen molar-refractivity contribution in [3.8, 4) is 0 Å². The van der Waals surface area contributed by atoms with E-state index in [9.17, 15) is 19.2 Å². The summed E-state index contributed by atoms with van der Waals surface area (Å²) in [6.07, 6.45) is 2.14. The molecule has 9 nitrogen and oxygen atoms in total. The van der Waals surface area contributed by atoms with Gasteiger partial charge in [-0.3, -0.25) is 14.4 Å². The lowest BCUT2D eigenvalue weighted by atomic mass is 10.1. The van der Waals surface area contributed by atoms with Crippen molar-refractivity contribution in [1.82, 2.24) is 16.0 Å². The molecule has 0 aliphatic heterocycles. The van der Waals surface area contributed by atoms with Crippen molar-refractivity contribution in [2.75, 3.05) is 23.5 Å². The minimum atomic E-state index is -1.22. The molecule has 0 aliphatic rings. The van der Waals surface area contributed by atoms with Crippen molar-refractivity contribution in [2.24, 2.45) is 5.73 Å². The van der Waals surface area contributed by atoms with Crippen LogP contribution in [0.4, 0.5) is 0 Å². The third-order valence-corrected chi connectivity index (χ3v) is 4.73. The molecular formula is C14H26N4O5S3. The number of aliphatic carboxylic acids is 1. The zero-order chi connectivity index (χ0) is 20.3. The van der Waals surface area contributed by atoms with Crippen LogP contribution >= 0.6 is 37.0 Å². The number of nitrogens with one attached hydrogen (secondary N) is 3. The summed E-state index contributed by atoms with van der Waals surface area (Å²) in [4.78, 5) is 47.3. The Labute approximate surface area is 167 Å². The third-order valence-electron chi connectivity index (χ3n) is 3.33. The molecule has 12 heteroatoms. The summed E-state index contributed by atoms with van der Waals surface area (Å²) in [6, 6.07) is -3.87. The van der Waals surface area contributed by atoms with Crippen LogP contribution in [0, 0.1) is 0 Å². The van der Waals surface area contributed by atoms with E-state index in [1.807, 2.05) is 6.26 Å². The van der Waals surface area contributed by atoms with Crippen molar-refractivity contribution in [3.05, 3.63) is 0 Å². The van der Waals surface area contributed by atoms with Crippen LogP contribution in [0.15, 0.2) is 0 Å². The number of amides is 3. The van der Waals surface area contributed by atoms with Crippen LogP contribution in [-0.4, -0.2) is 76.5 Å². The molecule has 0 aromatic rings. The number of hydrogen-bond acceptors (Lipinski definition) is 8. The zero-order valence-corrected chi connectivity index (χ0v) is 17.2. The van der Waals surface area contributed by atoms with Gasteiger partial charge in [0.25, 0.3) is 0 Å². The number of carbonyl (C=O) groups excluding carboxylic acids is 3. The summed E-state index contributed by atoms with van der Waals surface area (Å²) >= 11 is 9.27. The van der Waals surface area contributed by atoms with Crippen molar-refractivity contribution < 1.29 is 24.3 Å². The second kappa shape index (κ2) is 13.1. The molecule has 0 fully saturated rings. The van der Waals surface area contributed by atoms with Gasteiger partial charge in [0, 0.05) is 11.5 Å². The van der Waals surface area contributed by atoms with Crippen LogP contribution in [-0.2, 0) is 19.2 Å². The Balaban J connectivity index is 4.91. The molecule has 0 aromatic heterocycles. The normalized spacial score (nSPS) is 15.3. The van der Waals surface area contributed by atoms with Gasteiger partial charge in [0.2, 0.25) is 17.7 Å². The van der Waals surface area contributed by atoms with Gasteiger partial charge in [0.15, 0.2) is 0 Å². The number of hydrogen-bond donors (Lipinski definition) is 7. The molecule has 0 saturated carbocycles. The van der Waals surface area contributed by atoms with Gasteiger partial charge in [0.1, 0.15) is 18.1 Å². The lowest BCUT2D eigenvalue weighted by Crippen LogP contribution is -2.56.